The highest BCUT2D eigenvalue weighted by Crippen LogP contribution is 2.69. The molecule has 29 heteroatoms. The maximum Gasteiger partial charge on any atom is 0.460 e. The van der Waals surface area contributed by atoms with Crippen molar-refractivity contribution in [1.29, 1.82) is 0 Å². The number of ether oxygens (including phenoxy) is 1. The molecule has 0 aromatic carbocycles. The third-order valence-corrected chi connectivity index (χ3v) is 5.33. The standard InChI is InChI=1S/C17H5F27O2/c1-3(2)4(45)46-14(35,12(31,32)13(33,34)17(42,43)44)11(29,30)10(27,28)9(25,26)8(23,24)7(21,22)6(19,20)5(18,15(36,37)38)16(39,40)41/h1H2,2H3. The lowest BCUT2D eigenvalue weighted by Crippen LogP contribution is -2.80. The van der Waals surface area contributed by atoms with Crippen LogP contribution >= 0.6 is 0 Å². The van der Waals surface area contributed by atoms with E-state index in [1.807, 2.05) is 4.74 Å². The minimum absolute atomic E-state index is 0.158. The molecule has 0 aromatic heterocycles. The Morgan fingerprint density at radius 2 is 0.630 bits per heavy atom. The minimum Gasteiger partial charge on any atom is -0.413 e. The summed E-state index contributed by atoms with van der Waals surface area (Å²) >= 11 is 0. The predicted molar refractivity (Wildman–Crippen MR) is 86.3 cm³/mol. The zero-order valence-electron chi connectivity index (χ0n) is 20.2. The Bertz CT molecular complexity index is 1150. The van der Waals surface area contributed by atoms with Gasteiger partial charge in [0.2, 0.25) is 0 Å². The summed E-state index contributed by atoms with van der Waals surface area (Å²) in [5.74, 6) is -88.9. The number of hydrogen-bond acceptors (Lipinski definition) is 2. The van der Waals surface area contributed by atoms with E-state index in [0.29, 0.717) is 0 Å². The van der Waals surface area contributed by atoms with Crippen molar-refractivity contribution in [2.45, 2.75) is 84.4 Å². The van der Waals surface area contributed by atoms with E-state index < -0.39 is 89.0 Å². The molecule has 0 spiro atoms. The summed E-state index contributed by atoms with van der Waals surface area (Å²) in [6, 6.07) is 0. The molecular formula is C17H5F27O2. The Balaban J connectivity index is 8.05. The van der Waals surface area contributed by atoms with Crippen molar-refractivity contribution in [3.05, 3.63) is 12.2 Å². The minimum atomic E-state index is -9.87. The Morgan fingerprint density at radius 3 is 0.870 bits per heavy atom. The average molecular weight is 754 g/mol. The Hall–Kier alpha value is -2.68. The van der Waals surface area contributed by atoms with Crippen LogP contribution in [0.25, 0.3) is 0 Å². The first kappa shape index (κ1) is 43.3. The van der Waals surface area contributed by atoms with Gasteiger partial charge in [-0.25, -0.2) is 9.18 Å². The second-order valence-corrected chi connectivity index (χ2v) is 8.51. The Morgan fingerprint density at radius 1 is 0.391 bits per heavy atom. The van der Waals surface area contributed by atoms with E-state index in [2.05, 4.69) is 6.58 Å². The van der Waals surface area contributed by atoms with Gasteiger partial charge in [0.15, 0.2) is 0 Å². The van der Waals surface area contributed by atoms with Crippen LogP contribution in [-0.4, -0.2) is 83.4 Å². The van der Waals surface area contributed by atoms with Crippen molar-refractivity contribution in [2.24, 2.45) is 0 Å². The quantitative estimate of drug-likeness (QED) is 0.120. The van der Waals surface area contributed by atoms with E-state index >= 15 is 0 Å². The van der Waals surface area contributed by atoms with Crippen molar-refractivity contribution >= 4 is 5.97 Å². The second kappa shape index (κ2) is 10.7. The van der Waals surface area contributed by atoms with Crippen molar-refractivity contribution in [1.82, 2.24) is 0 Å². The summed E-state index contributed by atoms with van der Waals surface area (Å²) in [4.78, 5) is 11.2. The molecule has 0 N–H and O–H groups in total. The molecule has 0 saturated heterocycles. The molecule has 2 nitrogen and oxygen atoms in total. The summed E-state index contributed by atoms with van der Waals surface area (Å²) in [5, 5.41) is 0. The number of carbonyl (C=O) groups excluding carboxylic acids is 1. The smallest absolute Gasteiger partial charge is 0.413 e. The highest BCUT2D eigenvalue weighted by Gasteiger charge is 3.01. The SMILES string of the molecule is C=C(C)C(=O)OC(F)(C(F)(F)C(F)(F)C(F)(F)F)C(F)(F)C(F)(F)C(F)(F)C(F)(F)C(F)(F)C(F)(F)C(F)(C(F)(F)F)C(F)(F)F. The van der Waals surface area contributed by atoms with Crippen molar-refractivity contribution < 1.29 is 128 Å². The van der Waals surface area contributed by atoms with E-state index in [4.69, 9.17) is 0 Å². The van der Waals surface area contributed by atoms with Crippen molar-refractivity contribution in [3.8, 4) is 0 Å². The summed E-state index contributed by atoms with van der Waals surface area (Å²) < 4.78 is 364. The first-order chi connectivity index (χ1) is 19.3. The molecule has 274 valence electrons. The van der Waals surface area contributed by atoms with Gasteiger partial charge in [-0.2, -0.15) is 114 Å². The first-order valence-corrected chi connectivity index (χ1v) is 9.82. The number of hydrogen-bond donors (Lipinski definition) is 0. The molecule has 0 saturated carbocycles. The Labute approximate surface area is 232 Å². The van der Waals surface area contributed by atoms with Gasteiger partial charge in [0.25, 0.3) is 0 Å². The van der Waals surface area contributed by atoms with Gasteiger partial charge >= 0.3 is 83.4 Å². The molecule has 0 amide bonds. The molecule has 0 rings (SSSR count). The van der Waals surface area contributed by atoms with Gasteiger partial charge in [-0.3, -0.25) is 0 Å². The summed E-state index contributed by atoms with van der Waals surface area (Å²) in [5.41, 5.74) is -11.3. The zero-order valence-corrected chi connectivity index (χ0v) is 20.2. The van der Waals surface area contributed by atoms with Gasteiger partial charge in [-0.05, 0) is 6.92 Å². The van der Waals surface area contributed by atoms with Gasteiger partial charge in [0.1, 0.15) is 0 Å². The molecule has 46 heavy (non-hydrogen) atoms. The van der Waals surface area contributed by atoms with E-state index in [9.17, 15) is 123 Å². The fourth-order valence-corrected chi connectivity index (χ4v) is 2.64. The molecular weight excluding hydrogens is 749 g/mol. The number of esters is 1. The maximum absolute atomic E-state index is 14.7. The third kappa shape index (κ3) is 5.14. The molecule has 0 aliphatic rings. The molecule has 0 aromatic rings. The largest absolute Gasteiger partial charge is 0.460 e. The van der Waals surface area contributed by atoms with Crippen molar-refractivity contribution in [3.63, 3.8) is 0 Å². The lowest BCUT2D eigenvalue weighted by molar-refractivity contribution is -0.495. The maximum atomic E-state index is 14.7. The van der Waals surface area contributed by atoms with Crippen LogP contribution in [0.15, 0.2) is 12.2 Å². The fraction of sp³-hybridized carbons (Fsp3) is 0.824. The lowest BCUT2D eigenvalue weighted by atomic mass is 9.81. The van der Waals surface area contributed by atoms with Crippen LogP contribution in [0.1, 0.15) is 6.92 Å². The molecule has 1 atom stereocenters. The molecule has 0 aliphatic carbocycles. The van der Waals surface area contributed by atoms with Crippen LogP contribution in [0.2, 0.25) is 0 Å². The van der Waals surface area contributed by atoms with Gasteiger partial charge in [-0.15, -0.1) is 0 Å². The number of carbonyl (C=O) groups is 1. The van der Waals surface area contributed by atoms with E-state index in [0.717, 1.165) is 0 Å². The molecule has 1 unspecified atom stereocenters. The van der Waals surface area contributed by atoms with Crippen LogP contribution in [0.4, 0.5) is 119 Å². The summed E-state index contributed by atoms with van der Waals surface area (Å²) in [6.07, 6.45) is -25.7. The van der Waals surface area contributed by atoms with Crippen molar-refractivity contribution in [2.75, 3.05) is 0 Å². The van der Waals surface area contributed by atoms with Crippen LogP contribution < -0.4 is 0 Å². The van der Waals surface area contributed by atoms with Gasteiger partial charge in [-0.1, -0.05) is 6.58 Å². The number of halogens is 27. The van der Waals surface area contributed by atoms with Gasteiger partial charge in [0, 0.05) is 5.57 Å². The molecule has 0 radical (unpaired) electrons. The predicted octanol–water partition coefficient (Wildman–Crippen LogP) is 9.25. The molecule has 0 aliphatic heterocycles. The highest BCUT2D eigenvalue weighted by molar-refractivity contribution is 5.87. The molecule has 0 heterocycles. The molecule has 0 fully saturated rings. The normalized spacial score (nSPS) is 17.5. The Kier molecular flexibility index (Phi) is 10.0. The average Bonchev–Trinajstić information content (AvgIpc) is 2.79. The first-order valence-electron chi connectivity index (χ1n) is 9.82. The van der Waals surface area contributed by atoms with E-state index in [1.54, 1.807) is 0 Å². The second-order valence-electron chi connectivity index (χ2n) is 8.51. The van der Waals surface area contributed by atoms with Crippen LogP contribution in [0, 0.1) is 0 Å². The molecule has 0 bridgehead atoms. The lowest BCUT2D eigenvalue weighted by Gasteiger charge is -2.47. The van der Waals surface area contributed by atoms with Gasteiger partial charge in [0.05, 0.1) is 0 Å². The van der Waals surface area contributed by atoms with Crippen LogP contribution in [0.5, 0.6) is 0 Å². The third-order valence-electron chi connectivity index (χ3n) is 5.33. The van der Waals surface area contributed by atoms with Gasteiger partial charge < -0.3 is 4.74 Å². The summed E-state index contributed by atoms with van der Waals surface area (Å²) in [7, 11) is 0. The fourth-order valence-electron chi connectivity index (χ4n) is 2.64. The monoisotopic (exact) mass is 754 g/mol. The van der Waals surface area contributed by atoms with Crippen LogP contribution in [0.3, 0.4) is 0 Å². The van der Waals surface area contributed by atoms with E-state index in [-0.39, 0.29) is 6.92 Å². The van der Waals surface area contributed by atoms with Crippen LogP contribution in [-0.2, 0) is 9.53 Å². The van der Waals surface area contributed by atoms with E-state index in [1.165, 1.54) is 0 Å². The highest BCUT2D eigenvalue weighted by atomic mass is 19.4. The topological polar surface area (TPSA) is 26.3 Å². The zero-order chi connectivity index (χ0) is 38.4. The number of alkyl halides is 27. The summed E-state index contributed by atoms with van der Waals surface area (Å²) in [6.45, 7) is 1.93. The number of rotatable bonds is 11.